The summed E-state index contributed by atoms with van der Waals surface area (Å²) in [6, 6.07) is 5.25. The minimum Gasteiger partial charge on any atom is -0.387 e. The van der Waals surface area contributed by atoms with Crippen LogP contribution >= 0.6 is 0 Å². The monoisotopic (exact) mass is 509 g/mol. The van der Waals surface area contributed by atoms with Crippen LogP contribution in [0.5, 0.6) is 0 Å². The molecule has 0 spiro atoms. The summed E-state index contributed by atoms with van der Waals surface area (Å²) in [5.74, 6) is -0.281. The molecule has 0 aliphatic heterocycles. The molecule has 4 heterocycles. The molecule has 1 atom stereocenters. The number of alkyl halides is 2. The van der Waals surface area contributed by atoms with Crippen LogP contribution in [0.3, 0.4) is 0 Å². The van der Waals surface area contributed by atoms with Crippen LogP contribution < -0.4 is 10.6 Å². The Morgan fingerprint density at radius 3 is 2.76 bits per heavy atom. The molecule has 0 unspecified atom stereocenters. The standard InChI is InChI=1S/C24H25F2N9O2/c1-24(2,37)20(26)13-30-23(36)18-12-28-21(35-22-16(10-32-35)6-15(8-27)9-29-22)7-19(18)33-17-11-31-34(14-17)5-3-4-25/h6-7,9-12,14,20,37H,3-5,13H2,1-2H3,(H,28,33)(H,30,36)/t20-/m1/s1. The SMILES string of the molecule is CC(C)(O)[C@H](F)CNC(=O)c1cnc(-n2ncc3cc(C#N)cnc32)cc1Nc1cnn(CCCF)c1. The minimum atomic E-state index is -1.69. The van der Waals surface area contributed by atoms with E-state index in [4.69, 9.17) is 5.26 Å². The van der Waals surface area contributed by atoms with E-state index in [0.29, 0.717) is 46.8 Å². The Bertz CT molecular complexity index is 1450. The molecule has 192 valence electrons. The van der Waals surface area contributed by atoms with E-state index >= 15 is 0 Å². The van der Waals surface area contributed by atoms with Gasteiger partial charge in [0, 0.05) is 36.6 Å². The topological polar surface area (TPSA) is 147 Å². The lowest BCUT2D eigenvalue weighted by molar-refractivity contribution is -0.00177. The number of anilines is 2. The summed E-state index contributed by atoms with van der Waals surface area (Å²) in [5.41, 5.74) is 0.190. The van der Waals surface area contributed by atoms with Gasteiger partial charge in [0.2, 0.25) is 0 Å². The molecule has 37 heavy (non-hydrogen) atoms. The van der Waals surface area contributed by atoms with Gasteiger partial charge in [0.05, 0.1) is 53.7 Å². The summed E-state index contributed by atoms with van der Waals surface area (Å²) in [7, 11) is 0. The van der Waals surface area contributed by atoms with Crippen molar-refractivity contribution in [1.29, 1.82) is 5.26 Å². The highest BCUT2D eigenvalue weighted by molar-refractivity contribution is 6.00. The van der Waals surface area contributed by atoms with Crippen molar-refractivity contribution in [3.8, 4) is 11.9 Å². The zero-order valence-electron chi connectivity index (χ0n) is 20.2. The Labute approximate surface area is 210 Å². The van der Waals surface area contributed by atoms with Crippen molar-refractivity contribution in [3.63, 3.8) is 0 Å². The quantitative estimate of drug-likeness (QED) is 0.296. The van der Waals surface area contributed by atoms with E-state index in [1.54, 1.807) is 29.2 Å². The highest BCUT2D eigenvalue weighted by Gasteiger charge is 2.27. The molecule has 4 rings (SSSR count). The lowest BCUT2D eigenvalue weighted by Crippen LogP contribution is -2.42. The lowest BCUT2D eigenvalue weighted by Gasteiger charge is -2.22. The maximum atomic E-state index is 14.2. The van der Waals surface area contributed by atoms with Gasteiger partial charge < -0.3 is 15.7 Å². The molecule has 0 radical (unpaired) electrons. The lowest BCUT2D eigenvalue weighted by atomic mass is 10.0. The summed E-state index contributed by atoms with van der Waals surface area (Å²) >= 11 is 0. The number of aryl methyl sites for hydroxylation is 1. The smallest absolute Gasteiger partial charge is 0.255 e. The molecule has 11 nitrogen and oxygen atoms in total. The number of amides is 1. The zero-order chi connectivity index (χ0) is 26.6. The fourth-order valence-electron chi connectivity index (χ4n) is 3.45. The van der Waals surface area contributed by atoms with Crippen molar-refractivity contribution in [2.24, 2.45) is 0 Å². The molecule has 0 fully saturated rings. The van der Waals surface area contributed by atoms with Gasteiger partial charge in [-0.1, -0.05) is 0 Å². The number of aliphatic hydroxyl groups is 1. The molecule has 13 heteroatoms. The number of halogens is 2. The first-order valence-electron chi connectivity index (χ1n) is 11.4. The third-order valence-electron chi connectivity index (χ3n) is 5.53. The number of fused-ring (bicyclic) bond motifs is 1. The number of hydrogen-bond acceptors (Lipinski definition) is 8. The van der Waals surface area contributed by atoms with Gasteiger partial charge in [0.25, 0.3) is 5.91 Å². The number of carbonyl (C=O) groups excluding carboxylic acids is 1. The van der Waals surface area contributed by atoms with Gasteiger partial charge in [-0.3, -0.25) is 13.9 Å². The number of rotatable bonds is 10. The predicted octanol–water partition coefficient (Wildman–Crippen LogP) is 2.83. The largest absolute Gasteiger partial charge is 0.387 e. The number of nitrogens with one attached hydrogen (secondary N) is 2. The van der Waals surface area contributed by atoms with Gasteiger partial charge in [0.15, 0.2) is 11.5 Å². The number of pyridine rings is 2. The number of nitrogens with zero attached hydrogens (tertiary/aromatic N) is 7. The second-order valence-corrected chi connectivity index (χ2v) is 8.88. The van der Waals surface area contributed by atoms with E-state index in [1.165, 1.54) is 37.1 Å². The average molecular weight is 510 g/mol. The van der Waals surface area contributed by atoms with Crippen LogP contribution in [0.1, 0.15) is 36.2 Å². The van der Waals surface area contributed by atoms with E-state index < -0.39 is 30.9 Å². The van der Waals surface area contributed by atoms with Gasteiger partial charge in [0.1, 0.15) is 12.2 Å². The van der Waals surface area contributed by atoms with Crippen molar-refractivity contribution in [2.75, 3.05) is 18.5 Å². The molecule has 0 saturated carbocycles. The summed E-state index contributed by atoms with van der Waals surface area (Å²) in [5, 5.41) is 33.7. The van der Waals surface area contributed by atoms with Crippen molar-refractivity contribution >= 4 is 28.3 Å². The Morgan fingerprint density at radius 2 is 2.03 bits per heavy atom. The second kappa shape index (κ2) is 10.7. The van der Waals surface area contributed by atoms with E-state index in [-0.39, 0.29) is 5.56 Å². The number of hydrogen-bond donors (Lipinski definition) is 3. The molecule has 0 saturated heterocycles. The number of nitriles is 1. The Hall–Kier alpha value is -4.44. The Kier molecular flexibility index (Phi) is 7.40. The maximum absolute atomic E-state index is 14.2. The summed E-state index contributed by atoms with van der Waals surface area (Å²) in [6.07, 6.45) is 6.10. The molecule has 3 N–H and O–H groups in total. The molecule has 0 aliphatic carbocycles. The summed E-state index contributed by atoms with van der Waals surface area (Å²) in [6.45, 7) is 2.14. The zero-order valence-corrected chi connectivity index (χ0v) is 20.2. The van der Waals surface area contributed by atoms with Crippen LogP contribution in [0, 0.1) is 11.3 Å². The third kappa shape index (κ3) is 5.87. The van der Waals surface area contributed by atoms with Gasteiger partial charge in [-0.05, 0) is 26.3 Å². The fourth-order valence-corrected chi connectivity index (χ4v) is 3.45. The van der Waals surface area contributed by atoms with Crippen LogP contribution in [0.25, 0.3) is 16.9 Å². The normalized spacial score (nSPS) is 12.3. The van der Waals surface area contributed by atoms with E-state index in [1.807, 2.05) is 6.07 Å². The van der Waals surface area contributed by atoms with Gasteiger partial charge >= 0.3 is 0 Å². The van der Waals surface area contributed by atoms with Crippen LogP contribution in [0.2, 0.25) is 0 Å². The average Bonchev–Trinajstić information content (AvgIpc) is 3.51. The van der Waals surface area contributed by atoms with Crippen molar-refractivity contribution < 1.29 is 18.7 Å². The minimum absolute atomic E-state index is 0.111. The molecule has 0 bridgehead atoms. The number of carbonyl (C=O) groups is 1. The van der Waals surface area contributed by atoms with E-state index in [2.05, 4.69) is 30.8 Å². The Morgan fingerprint density at radius 1 is 1.22 bits per heavy atom. The first-order chi connectivity index (χ1) is 17.7. The van der Waals surface area contributed by atoms with Gasteiger partial charge in [-0.25, -0.2) is 14.4 Å². The molecular formula is C24H25F2N9O2. The van der Waals surface area contributed by atoms with Crippen LogP contribution in [-0.4, -0.2) is 65.5 Å². The van der Waals surface area contributed by atoms with Crippen LogP contribution in [0.4, 0.5) is 20.2 Å². The molecule has 4 aromatic rings. The first kappa shape index (κ1) is 25.6. The van der Waals surface area contributed by atoms with Crippen molar-refractivity contribution in [1.82, 2.24) is 34.8 Å². The molecular weight excluding hydrogens is 484 g/mol. The summed E-state index contributed by atoms with van der Waals surface area (Å²) < 4.78 is 29.8. The second-order valence-electron chi connectivity index (χ2n) is 8.88. The summed E-state index contributed by atoms with van der Waals surface area (Å²) in [4.78, 5) is 21.6. The van der Waals surface area contributed by atoms with E-state index in [9.17, 15) is 18.7 Å². The molecule has 0 aliphatic rings. The molecule has 4 aromatic heterocycles. The fraction of sp³-hybridized carbons (Fsp3) is 0.333. The van der Waals surface area contributed by atoms with Crippen LogP contribution in [0.15, 0.2) is 43.1 Å². The van der Waals surface area contributed by atoms with Gasteiger partial charge in [-0.15, -0.1) is 0 Å². The molecule has 1 amide bonds. The highest BCUT2D eigenvalue weighted by atomic mass is 19.1. The van der Waals surface area contributed by atoms with Crippen molar-refractivity contribution in [2.45, 2.75) is 38.6 Å². The highest BCUT2D eigenvalue weighted by Crippen LogP contribution is 2.25. The number of aromatic nitrogens is 6. The predicted molar refractivity (Wildman–Crippen MR) is 131 cm³/mol. The van der Waals surface area contributed by atoms with Crippen molar-refractivity contribution in [3.05, 3.63) is 54.2 Å². The first-order valence-corrected chi connectivity index (χ1v) is 11.4. The van der Waals surface area contributed by atoms with Crippen LogP contribution in [-0.2, 0) is 6.54 Å². The third-order valence-corrected chi connectivity index (χ3v) is 5.53. The Balaban J connectivity index is 1.68. The van der Waals surface area contributed by atoms with E-state index in [0.717, 1.165) is 0 Å². The van der Waals surface area contributed by atoms with Gasteiger partial charge in [-0.2, -0.15) is 20.1 Å². The maximum Gasteiger partial charge on any atom is 0.255 e. The molecule has 0 aromatic carbocycles.